The molecule has 0 unspecified atom stereocenters. The van der Waals surface area contributed by atoms with Crippen LogP contribution in [-0.4, -0.2) is 17.5 Å². The van der Waals surface area contributed by atoms with E-state index >= 15 is 0 Å². The monoisotopic (exact) mass is 149 g/mol. The van der Waals surface area contributed by atoms with Crippen molar-refractivity contribution in [2.45, 2.75) is 19.4 Å². The normalized spacial score (nSPS) is 30.9. The fraction of sp³-hybridized carbons (Fsp3) is 0.500. The van der Waals surface area contributed by atoms with Crippen LogP contribution in [0.3, 0.4) is 0 Å². The Kier molecular flexibility index (Phi) is 0.338. The molecule has 0 aliphatic heterocycles. The van der Waals surface area contributed by atoms with E-state index in [4.69, 9.17) is 12.3 Å². The summed E-state index contributed by atoms with van der Waals surface area (Å²) in [6.07, 6.45) is 3.22. The topological polar surface area (TPSA) is 17.8 Å². The highest BCUT2D eigenvalue weighted by Crippen LogP contribution is 2.03. The Labute approximate surface area is 69.3 Å². The highest BCUT2D eigenvalue weighted by molar-refractivity contribution is 6.74. The Hall–Kier alpha value is -0.573. The molecule has 0 aliphatic rings. The molecule has 1 rings (SSSR count). The smallest absolute Gasteiger partial charge is 0.154 e. The number of imidazole rings is 1. The molecule has 0 N–H and O–H groups in total. The van der Waals surface area contributed by atoms with Crippen LogP contribution in [0.4, 0.5) is 0 Å². The minimum Gasteiger partial charge on any atom is -0.365 e. The Morgan fingerprint density at radius 2 is 2.33 bits per heavy atom. The van der Waals surface area contributed by atoms with Gasteiger partial charge in [0.05, 0.1) is 6.33 Å². The molecule has 1 aromatic rings. The van der Waals surface area contributed by atoms with Crippen molar-refractivity contribution in [2.75, 3.05) is 0 Å². The molecular weight excluding hydrogens is 128 g/mol. The van der Waals surface area contributed by atoms with Crippen molar-refractivity contribution in [3.05, 3.63) is 18.7 Å². The third-order valence-electron chi connectivity index (χ3n) is 0.892. The zero-order valence-corrected chi connectivity index (χ0v) is 5.63. The minimum absolute atomic E-state index is 0.778. The maximum Gasteiger partial charge on any atom is 0.154 e. The van der Waals surface area contributed by atoms with Crippen molar-refractivity contribution in [2.24, 2.45) is 0 Å². The van der Waals surface area contributed by atoms with Crippen LogP contribution < -0.4 is 0 Å². The lowest BCUT2D eigenvalue weighted by atomic mass is 11.0. The maximum absolute atomic E-state index is 7.45. The van der Waals surface area contributed by atoms with E-state index < -0.39 is 27.7 Å². The van der Waals surface area contributed by atoms with Gasteiger partial charge < -0.3 is 4.23 Å². The molecule has 0 fully saturated rings. The standard InChI is InChI=1S/C6H12N2Si/c1-9(2,3)8-5-4-7-6-8/h4-6H,1-3H3/i1D3,2D3,3D3. The zero-order chi connectivity index (χ0) is 14.4. The Balaban J connectivity index is 3.70. The highest BCUT2D eigenvalue weighted by atomic mass is 28.3. The van der Waals surface area contributed by atoms with Gasteiger partial charge >= 0.3 is 0 Å². The third-order valence-corrected chi connectivity index (χ3v) is 1.93. The van der Waals surface area contributed by atoms with Gasteiger partial charge in [-0.05, 0) is 0 Å². The quantitative estimate of drug-likeness (QED) is 0.554. The molecule has 1 heterocycles. The van der Waals surface area contributed by atoms with Gasteiger partial charge in [-0.2, -0.15) is 0 Å². The lowest BCUT2D eigenvalue weighted by Gasteiger charge is -2.16. The zero-order valence-electron chi connectivity index (χ0n) is 13.6. The molecule has 50 valence electrons. The average Bonchev–Trinajstić information content (AvgIpc) is 2.48. The number of rotatable bonds is 1. The van der Waals surface area contributed by atoms with Crippen molar-refractivity contribution in [3.63, 3.8) is 0 Å². The van der Waals surface area contributed by atoms with Gasteiger partial charge in [0.15, 0.2) is 8.24 Å². The molecule has 3 heteroatoms. The van der Waals surface area contributed by atoms with Gasteiger partial charge in [0.25, 0.3) is 0 Å². The lowest BCUT2D eigenvalue weighted by Crippen LogP contribution is -2.30. The van der Waals surface area contributed by atoms with Crippen molar-refractivity contribution in [1.29, 1.82) is 0 Å². The second kappa shape index (κ2) is 1.99. The van der Waals surface area contributed by atoms with E-state index in [9.17, 15) is 0 Å². The fourth-order valence-electron chi connectivity index (χ4n) is 0.458. The maximum atomic E-state index is 7.45. The fourth-order valence-corrected chi connectivity index (χ4v) is 0.988. The molecule has 0 amide bonds. The van der Waals surface area contributed by atoms with Gasteiger partial charge in [0.2, 0.25) is 0 Å². The summed E-state index contributed by atoms with van der Waals surface area (Å²) in [4.78, 5) is 3.58. The molecule has 0 spiro atoms. The Morgan fingerprint density at radius 1 is 1.56 bits per heavy atom. The van der Waals surface area contributed by atoms with Crippen LogP contribution in [-0.2, 0) is 0 Å². The van der Waals surface area contributed by atoms with Gasteiger partial charge in [-0.1, -0.05) is 19.4 Å². The Bertz CT molecular complexity index is 364. The predicted molar refractivity (Wildman–Crippen MR) is 41.0 cm³/mol. The highest BCUT2D eigenvalue weighted by Gasteiger charge is 2.13. The summed E-state index contributed by atoms with van der Waals surface area (Å²) in [6.45, 7) is -9.32. The molecule has 2 nitrogen and oxygen atoms in total. The van der Waals surface area contributed by atoms with Gasteiger partial charge in [-0.25, -0.2) is 4.98 Å². The number of aromatic nitrogens is 2. The second-order valence-electron chi connectivity index (χ2n) is 1.68. The first-order valence-electron chi connectivity index (χ1n) is 6.84. The average molecular weight is 149 g/mol. The van der Waals surface area contributed by atoms with Gasteiger partial charge in [-0.3, -0.25) is 0 Å². The van der Waals surface area contributed by atoms with Crippen LogP contribution in [0, 0.1) is 0 Å². The second-order valence-corrected chi connectivity index (χ2v) is 3.62. The lowest BCUT2D eigenvalue weighted by molar-refractivity contribution is 1.12. The van der Waals surface area contributed by atoms with E-state index in [1.807, 2.05) is 0 Å². The number of hydrogen-bond acceptors (Lipinski definition) is 1. The van der Waals surface area contributed by atoms with E-state index in [1.54, 1.807) is 0 Å². The largest absolute Gasteiger partial charge is 0.365 e. The molecule has 0 saturated heterocycles. The first-order valence-corrected chi connectivity index (χ1v) is 4.29. The molecule has 0 aliphatic carbocycles. The molecule has 0 saturated carbocycles. The summed E-state index contributed by atoms with van der Waals surface area (Å²) in [5.41, 5.74) is 0. The van der Waals surface area contributed by atoms with Crippen LogP contribution in [0.2, 0.25) is 19.4 Å². The summed E-state index contributed by atoms with van der Waals surface area (Å²) in [7, 11) is -4.87. The van der Waals surface area contributed by atoms with E-state index in [-0.39, 0.29) is 0 Å². The van der Waals surface area contributed by atoms with Crippen molar-refractivity contribution >= 4 is 8.24 Å². The number of hydrogen-bond donors (Lipinski definition) is 0. The van der Waals surface area contributed by atoms with E-state index in [0.29, 0.717) is 0 Å². The molecule has 0 atom stereocenters. The van der Waals surface area contributed by atoms with Crippen molar-refractivity contribution in [1.82, 2.24) is 9.22 Å². The van der Waals surface area contributed by atoms with Crippen LogP contribution in [0.15, 0.2) is 18.7 Å². The first-order chi connectivity index (χ1) is 7.86. The van der Waals surface area contributed by atoms with Gasteiger partial charge in [0, 0.05) is 24.7 Å². The summed E-state index contributed by atoms with van der Waals surface area (Å²) in [5.74, 6) is 0. The number of nitrogens with zero attached hydrogens (tertiary/aromatic N) is 2. The summed E-state index contributed by atoms with van der Waals surface area (Å²) in [6, 6.07) is 0. The summed E-state index contributed by atoms with van der Waals surface area (Å²) < 4.78 is 67.8. The predicted octanol–water partition coefficient (Wildman–Crippen LogP) is 1.57. The van der Waals surface area contributed by atoms with Crippen LogP contribution in [0.25, 0.3) is 0 Å². The molecule has 1 aromatic heterocycles. The molecule has 0 radical (unpaired) electrons. The van der Waals surface area contributed by atoms with Crippen molar-refractivity contribution < 1.29 is 12.3 Å². The van der Waals surface area contributed by atoms with Gasteiger partial charge in [0.1, 0.15) is 0 Å². The summed E-state index contributed by atoms with van der Waals surface area (Å²) >= 11 is 0. The van der Waals surface area contributed by atoms with Gasteiger partial charge in [-0.15, -0.1) is 0 Å². The van der Waals surface area contributed by atoms with Crippen LogP contribution in [0.5, 0.6) is 0 Å². The minimum atomic E-state index is -4.87. The molecule has 0 bridgehead atoms. The first kappa shape index (κ1) is 1.53. The van der Waals surface area contributed by atoms with E-state index in [1.165, 1.54) is 6.20 Å². The SMILES string of the molecule is [2H]C([2H])([2H])[Si](n1ccnc1)(C([2H])([2H])[2H])C([2H])([2H])[2H]. The third kappa shape index (κ3) is 1.42. The molecule has 9 heavy (non-hydrogen) atoms. The van der Waals surface area contributed by atoms with Crippen molar-refractivity contribution in [3.8, 4) is 0 Å². The van der Waals surface area contributed by atoms with Crippen LogP contribution >= 0.6 is 0 Å². The summed E-state index contributed by atoms with van der Waals surface area (Å²) in [5, 5.41) is 0. The van der Waals surface area contributed by atoms with E-state index in [2.05, 4.69) is 4.98 Å². The Morgan fingerprint density at radius 3 is 2.78 bits per heavy atom. The molecular formula is C6H12N2Si. The van der Waals surface area contributed by atoms with E-state index in [0.717, 1.165) is 16.8 Å². The molecule has 0 aromatic carbocycles. The van der Waals surface area contributed by atoms with Crippen LogP contribution in [0.1, 0.15) is 12.3 Å².